The van der Waals surface area contributed by atoms with E-state index in [1.54, 1.807) is 0 Å². The molecule has 1 fully saturated rings. The Hall–Kier alpha value is -2.81. The summed E-state index contributed by atoms with van der Waals surface area (Å²) in [6, 6.07) is 20.6. The van der Waals surface area contributed by atoms with Crippen molar-refractivity contribution >= 4 is 22.4 Å². The zero-order valence-corrected chi connectivity index (χ0v) is 18.2. The summed E-state index contributed by atoms with van der Waals surface area (Å²) < 4.78 is 6.12. The highest BCUT2D eigenvalue weighted by Crippen LogP contribution is 2.43. The highest BCUT2D eigenvalue weighted by atomic mass is 16.5. The minimum Gasteiger partial charge on any atom is -0.490 e. The molecule has 0 heterocycles. The molecule has 0 unspecified atom stereocenters. The van der Waals surface area contributed by atoms with Gasteiger partial charge in [-0.3, -0.25) is 4.79 Å². The molecule has 0 aromatic heterocycles. The van der Waals surface area contributed by atoms with E-state index < -0.39 is 5.41 Å². The smallest absolute Gasteiger partial charge is 0.235 e. The Morgan fingerprint density at radius 2 is 1.67 bits per heavy atom. The average molecular weight is 402 g/mol. The van der Waals surface area contributed by atoms with Gasteiger partial charge in [0, 0.05) is 16.5 Å². The first-order chi connectivity index (χ1) is 14.5. The van der Waals surface area contributed by atoms with Gasteiger partial charge < -0.3 is 10.1 Å². The van der Waals surface area contributed by atoms with E-state index in [0.717, 1.165) is 59.9 Å². The molecule has 30 heavy (non-hydrogen) atoms. The number of carbonyl (C=O) groups excluding carboxylic acids is 1. The maximum atomic E-state index is 13.6. The largest absolute Gasteiger partial charge is 0.490 e. The van der Waals surface area contributed by atoms with Gasteiger partial charge in [-0.1, -0.05) is 73.9 Å². The zero-order valence-electron chi connectivity index (χ0n) is 18.2. The third-order valence-corrected chi connectivity index (χ3v) is 6.53. The maximum Gasteiger partial charge on any atom is 0.235 e. The number of anilines is 1. The van der Waals surface area contributed by atoms with Gasteiger partial charge in [-0.2, -0.15) is 0 Å². The summed E-state index contributed by atoms with van der Waals surface area (Å²) >= 11 is 0. The van der Waals surface area contributed by atoms with Crippen LogP contribution in [-0.4, -0.2) is 12.0 Å². The van der Waals surface area contributed by atoms with Crippen molar-refractivity contribution in [1.82, 2.24) is 0 Å². The lowest BCUT2D eigenvalue weighted by atomic mass is 9.77. The highest BCUT2D eigenvalue weighted by Gasteiger charge is 2.42. The van der Waals surface area contributed by atoms with Crippen LogP contribution in [-0.2, 0) is 10.2 Å². The fourth-order valence-corrected chi connectivity index (χ4v) is 4.52. The van der Waals surface area contributed by atoms with Gasteiger partial charge in [0.05, 0.1) is 11.5 Å². The van der Waals surface area contributed by atoms with Crippen LogP contribution < -0.4 is 10.1 Å². The minimum atomic E-state index is -0.444. The number of rotatable bonds is 6. The zero-order chi connectivity index (χ0) is 21.1. The van der Waals surface area contributed by atoms with E-state index in [0.29, 0.717) is 0 Å². The number of hydrogen-bond acceptors (Lipinski definition) is 2. The summed E-state index contributed by atoms with van der Waals surface area (Å²) in [4.78, 5) is 13.6. The molecule has 3 aromatic carbocycles. The molecule has 3 aromatic rings. The lowest BCUT2D eigenvalue weighted by Gasteiger charge is -2.29. The Bertz CT molecular complexity index is 1030. The molecule has 156 valence electrons. The van der Waals surface area contributed by atoms with Gasteiger partial charge in [-0.05, 0) is 50.8 Å². The summed E-state index contributed by atoms with van der Waals surface area (Å²) in [6.45, 7) is 6.28. The van der Waals surface area contributed by atoms with Crippen molar-refractivity contribution in [3.05, 3.63) is 71.8 Å². The van der Waals surface area contributed by atoms with Crippen LogP contribution in [0.2, 0.25) is 0 Å². The number of fused-ring (bicyclic) bond motifs is 1. The van der Waals surface area contributed by atoms with Crippen LogP contribution in [0.4, 0.5) is 5.69 Å². The van der Waals surface area contributed by atoms with Crippen molar-refractivity contribution < 1.29 is 9.53 Å². The number of ether oxygens (including phenoxy) is 1. The van der Waals surface area contributed by atoms with Crippen LogP contribution >= 0.6 is 0 Å². The van der Waals surface area contributed by atoms with Crippen LogP contribution in [0.1, 0.15) is 57.1 Å². The predicted octanol–water partition coefficient (Wildman–Crippen LogP) is 6.78. The van der Waals surface area contributed by atoms with Crippen molar-refractivity contribution in [1.29, 1.82) is 0 Å². The molecule has 1 N–H and O–H groups in total. The molecule has 0 aliphatic heterocycles. The van der Waals surface area contributed by atoms with Crippen LogP contribution in [0, 0.1) is 6.92 Å². The van der Waals surface area contributed by atoms with Gasteiger partial charge in [-0.25, -0.2) is 0 Å². The number of carbonyl (C=O) groups is 1. The Labute approximate surface area is 179 Å². The third-order valence-electron chi connectivity index (χ3n) is 6.53. The van der Waals surface area contributed by atoms with Gasteiger partial charge in [0.2, 0.25) is 5.91 Å². The van der Waals surface area contributed by atoms with Crippen LogP contribution in [0.15, 0.2) is 60.7 Å². The summed E-state index contributed by atoms with van der Waals surface area (Å²) in [6.07, 6.45) is 5.07. The first kappa shape index (κ1) is 20.5. The molecule has 1 aliphatic carbocycles. The van der Waals surface area contributed by atoms with Crippen molar-refractivity contribution in [2.75, 3.05) is 5.32 Å². The van der Waals surface area contributed by atoms with Gasteiger partial charge in [-0.15, -0.1) is 0 Å². The molecule has 4 rings (SSSR count). The monoisotopic (exact) mass is 401 g/mol. The van der Waals surface area contributed by atoms with Crippen molar-refractivity contribution in [3.63, 3.8) is 0 Å². The first-order valence-corrected chi connectivity index (χ1v) is 11.1. The third kappa shape index (κ3) is 3.81. The quantitative estimate of drug-likeness (QED) is 0.494. The minimum absolute atomic E-state index is 0.101. The second-order valence-electron chi connectivity index (χ2n) is 8.60. The Balaban J connectivity index is 1.69. The Morgan fingerprint density at radius 3 is 2.33 bits per heavy atom. The number of nitrogens with one attached hydrogen (secondary N) is 1. The predicted molar refractivity (Wildman–Crippen MR) is 124 cm³/mol. The van der Waals surface area contributed by atoms with E-state index in [1.165, 1.54) is 5.56 Å². The molecule has 0 radical (unpaired) electrons. The molecule has 3 nitrogen and oxygen atoms in total. The average Bonchev–Trinajstić information content (AvgIpc) is 3.27. The fourth-order valence-electron chi connectivity index (χ4n) is 4.52. The highest BCUT2D eigenvalue weighted by molar-refractivity contribution is 6.07. The van der Waals surface area contributed by atoms with E-state index in [-0.39, 0.29) is 12.0 Å². The second kappa shape index (κ2) is 8.51. The van der Waals surface area contributed by atoms with Crippen LogP contribution in [0.3, 0.4) is 0 Å². The summed E-state index contributed by atoms with van der Waals surface area (Å²) in [5, 5.41) is 5.33. The Kier molecular flexibility index (Phi) is 5.80. The standard InChI is InChI=1S/C27H31NO2/c1-4-20(3)30-25-16-15-24(22-9-5-6-10-23(22)25)28-26(29)27(17-7-8-18-27)21-13-11-19(2)12-14-21/h5-6,9-16,20H,4,7-8,17-18H2,1-3H3,(H,28,29)/t20-/m1/s1. The molecule has 0 spiro atoms. The first-order valence-electron chi connectivity index (χ1n) is 11.1. The van der Waals surface area contributed by atoms with Crippen LogP contribution in [0.25, 0.3) is 10.8 Å². The van der Waals surface area contributed by atoms with Gasteiger partial charge in [0.25, 0.3) is 0 Å². The van der Waals surface area contributed by atoms with Gasteiger partial charge >= 0.3 is 0 Å². The van der Waals surface area contributed by atoms with E-state index in [1.807, 2.05) is 24.3 Å². The molecule has 0 bridgehead atoms. The van der Waals surface area contributed by atoms with E-state index >= 15 is 0 Å². The molecule has 1 aliphatic rings. The maximum absolute atomic E-state index is 13.6. The molecule has 3 heteroatoms. The summed E-state index contributed by atoms with van der Waals surface area (Å²) in [5.74, 6) is 0.969. The lowest BCUT2D eigenvalue weighted by Crippen LogP contribution is -2.38. The Morgan fingerprint density at radius 1 is 1.00 bits per heavy atom. The van der Waals surface area contributed by atoms with Crippen molar-refractivity contribution in [2.45, 2.75) is 64.4 Å². The lowest BCUT2D eigenvalue weighted by molar-refractivity contribution is -0.121. The SMILES string of the molecule is CC[C@@H](C)Oc1ccc(NC(=O)C2(c3ccc(C)cc3)CCCC2)c2ccccc12. The molecular formula is C27H31NO2. The van der Waals surface area contributed by atoms with E-state index in [9.17, 15) is 4.79 Å². The van der Waals surface area contributed by atoms with E-state index in [2.05, 4.69) is 62.5 Å². The molecule has 1 saturated carbocycles. The molecule has 1 amide bonds. The van der Waals surface area contributed by atoms with Crippen molar-refractivity contribution in [2.24, 2.45) is 0 Å². The van der Waals surface area contributed by atoms with E-state index in [4.69, 9.17) is 4.74 Å². The van der Waals surface area contributed by atoms with Gasteiger partial charge in [0.15, 0.2) is 0 Å². The summed E-state index contributed by atoms with van der Waals surface area (Å²) in [5.41, 5.74) is 2.76. The molecule has 0 saturated heterocycles. The number of amides is 1. The topological polar surface area (TPSA) is 38.3 Å². The van der Waals surface area contributed by atoms with Crippen LogP contribution in [0.5, 0.6) is 5.75 Å². The second-order valence-corrected chi connectivity index (χ2v) is 8.60. The summed E-state index contributed by atoms with van der Waals surface area (Å²) in [7, 11) is 0. The number of benzene rings is 3. The molecule has 1 atom stereocenters. The van der Waals surface area contributed by atoms with Crippen molar-refractivity contribution in [3.8, 4) is 5.75 Å². The fraction of sp³-hybridized carbons (Fsp3) is 0.370. The van der Waals surface area contributed by atoms with Gasteiger partial charge in [0.1, 0.15) is 5.75 Å². The normalized spacial score (nSPS) is 16.4. The number of hydrogen-bond donors (Lipinski definition) is 1. The number of aryl methyl sites for hydroxylation is 1. The molecular weight excluding hydrogens is 370 g/mol.